The lowest BCUT2D eigenvalue weighted by molar-refractivity contribution is 0.331. The Kier molecular flexibility index (Phi) is 3.67. The maximum absolute atomic E-state index is 12.6. The van der Waals surface area contributed by atoms with E-state index in [1.54, 1.807) is 16.4 Å². The molecule has 0 radical (unpaired) electrons. The number of aryl methyl sites for hydroxylation is 1. The molecule has 1 atom stereocenters. The van der Waals surface area contributed by atoms with Crippen LogP contribution in [-0.4, -0.2) is 24.6 Å². The Morgan fingerprint density at radius 2 is 2.09 bits per heavy atom. The summed E-state index contributed by atoms with van der Waals surface area (Å²) in [6.07, 6.45) is 9.81. The predicted molar refractivity (Wildman–Crippen MR) is 92.6 cm³/mol. The normalized spacial score (nSPS) is 22.0. The van der Waals surface area contributed by atoms with Gasteiger partial charge in [0.2, 0.25) is 0 Å². The molecule has 0 spiro atoms. The first-order valence-corrected chi connectivity index (χ1v) is 9.06. The highest BCUT2D eigenvalue weighted by atomic mass is 32.2. The maximum atomic E-state index is 12.6. The summed E-state index contributed by atoms with van der Waals surface area (Å²) in [5, 5.41) is 8.30. The summed E-state index contributed by atoms with van der Waals surface area (Å²) in [4.78, 5) is 17.3. The third-order valence-electron chi connectivity index (χ3n) is 4.72. The summed E-state index contributed by atoms with van der Waals surface area (Å²) in [5.74, 6) is 0.826. The van der Waals surface area contributed by atoms with E-state index in [2.05, 4.69) is 10.2 Å². The van der Waals surface area contributed by atoms with Crippen LogP contribution < -0.4 is 5.56 Å². The SMILES string of the molecule is CC1=Nc2c(c(=O)[nH]n2C2CCCCC2)[C@@H](c2cnn(C)c2)S1. The summed E-state index contributed by atoms with van der Waals surface area (Å²) in [6.45, 7) is 2.01. The van der Waals surface area contributed by atoms with Gasteiger partial charge in [0.15, 0.2) is 5.82 Å². The second kappa shape index (κ2) is 5.70. The fourth-order valence-electron chi connectivity index (χ4n) is 3.62. The van der Waals surface area contributed by atoms with Gasteiger partial charge in [-0.15, -0.1) is 0 Å². The summed E-state index contributed by atoms with van der Waals surface area (Å²) in [6, 6.07) is 0.370. The molecule has 1 aliphatic heterocycles. The van der Waals surface area contributed by atoms with Gasteiger partial charge in [0.25, 0.3) is 5.56 Å². The van der Waals surface area contributed by atoms with Crippen LogP contribution in [0, 0.1) is 0 Å². The van der Waals surface area contributed by atoms with Crippen molar-refractivity contribution in [2.24, 2.45) is 12.0 Å². The largest absolute Gasteiger partial charge is 0.275 e. The van der Waals surface area contributed by atoms with Crippen molar-refractivity contribution < 1.29 is 0 Å². The van der Waals surface area contributed by atoms with Crippen molar-refractivity contribution in [3.05, 3.63) is 33.9 Å². The van der Waals surface area contributed by atoms with Gasteiger partial charge in [0.1, 0.15) is 0 Å². The van der Waals surface area contributed by atoms with Crippen LogP contribution in [0.5, 0.6) is 0 Å². The molecule has 2 aromatic heterocycles. The summed E-state index contributed by atoms with van der Waals surface area (Å²) < 4.78 is 3.81. The molecule has 0 unspecified atom stereocenters. The third-order valence-corrected chi connectivity index (χ3v) is 5.89. The summed E-state index contributed by atoms with van der Waals surface area (Å²) in [7, 11) is 1.90. The van der Waals surface area contributed by atoms with Crippen molar-refractivity contribution in [1.82, 2.24) is 19.6 Å². The maximum Gasteiger partial charge on any atom is 0.271 e. The minimum Gasteiger partial charge on any atom is -0.275 e. The Hall–Kier alpha value is -1.76. The monoisotopic (exact) mass is 331 g/mol. The van der Waals surface area contributed by atoms with Gasteiger partial charge in [0.05, 0.1) is 28.1 Å². The van der Waals surface area contributed by atoms with Crippen LogP contribution in [0.4, 0.5) is 5.82 Å². The first-order chi connectivity index (χ1) is 11.1. The fraction of sp³-hybridized carbons (Fsp3) is 0.562. The molecule has 4 rings (SSSR count). The second-order valence-electron chi connectivity index (χ2n) is 6.42. The first-order valence-electron chi connectivity index (χ1n) is 8.18. The minimum absolute atomic E-state index is 0.0109. The summed E-state index contributed by atoms with van der Waals surface area (Å²) >= 11 is 1.63. The average Bonchev–Trinajstić information content (AvgIpc) is 3.12. The Bertz CT molecular complexity index is 809. The quantitative estimate of drug-likeness (QED) is 0.918. The summed E-state index contributed by atoms with van der Waals surface area (Å²) in [5.41, 5.74) is 1.82. The van der Waals surface area contributed by atoms with Gasteiger partial charge in [-0.05, 0) is 19.8 Å². The predicted octanol–water partition coefficient (Wildman–Crippen LogP) is 3.30. The van der Waals surface area contributed by atoms with Crippen molar-refractivity contribution in [2.45, 2.75) is 50.3 Å². The highest BCUT2D eigenvalue weighted by Gasteiger charge is 2.32. The number of rotatable bonds is 2. The standard InChI is InChI=1S/C16H21N5OS/c1-10-18-15-13(14(23-10)11-8-17-20(2)9-11)16(22)19-21(15)12-6-4-3-5-7-12/h8-9,12,14H,3-7H2,1-2H3,(H,19,22)/t14-/m1/s1. The molecule has 0 aromatic carbocycles. The van der Waals surface area contributed by atoms with Crippen molar-refractivity contribution >= 4 is 22.6 Å². The zero-order valence-electron chi connectivity index (χ0n) is 13.5. The van der Waals surface area contributed by atoms with Crippen LogP contribution in [0.2, 0.25) is 0 Å². The van der Waals surface area contributed by atoms with Gasteiger partial charge in [-0.2, -0.15) is 5.10 Å². The number of H-pyrrole nitrogens is 1. The van der Waals surface area contributed by atoms with E-state index in [1.165, 1.54) is 19.3 Å². The molecule has 0 amide bonds. The Morgan fingerprint density at radius 1 is 1.30 bits per heavy atom. The minimum atomic E-state index is -0.0233. The van der Waals surface area contributed by atoms with Gasteiger partial charge in [-0.25, -0.2) is 4.99 Å². The fourth-order valence-corrected chi connectivity index (χ4v) is 4.69. The number of hydrogen-bond acceptors (Lipinski definition) is 4. The molecule has 1 saturated carbocycles. The lowest BCUT2D eigenvalue weighted by Gasteiger charge is -2.25. The van der Waals surface area contributed by atoms with E-state index in [0.29, 0.717) is 6.04 Å². The number of nitrogens with zero attached hydrogens (tertiary/aromatic N) is 4. The number of thioether (sulfide) groups is 1. The van der Waals surface area contributed by atoms with E-state index in [-0.39, 0.29) is 10.8 Å². The Balaban J connectivity index is 1.82. The van der Waals surface area contributed by atoms with E-state index in [9.17, 15) is 4.79 Å². The molecule has 0 bridgehead atoms. The van der Waals surface area contributed by atoms with E-state index < -0.39 is 0 Å². The zero-order chi connectivity index (χ0) is 16.0. The highest BCUT2D eigenvalue weighted by Crippen LogP contribution is 2.44. The molecule has 6 nitrogen and oxygen atoms in total. The molecule has 1 aliphatic carbocycles. The van der Waals surface area contributed by atoms with E-state index >= 15 is 0 Å². The van der Waals surface area contributed by atoms with Crippen molar-refractivity contribution in [3.63, 3.8) is 0 Å². The molecule has 122 valence electrons. The van der Waals surface area contributed by atoms with Crippen LogP contribution in [-0.2, 0) is 7.05 Å². The second-order valence-corrected chi connectivity index (χ2v) is 7.71. The Labute approximate surface area is 139 Å². The molecular formula is C16H21N5OS. The molecule has 3 heterocycles. The van der Waals surface area contributed by atoms with Gasteiger partial charge in [0, 0.05) is 18.8 Å². The number of hydrogen-bond donors (Lipinski definition) is 1. The number of nitrogens with one attached hydrogen (secondary N) is 1. The lowest BCUT2D eigenvalue weighted by atomic mass is 9.95. The number of aromatic nitrogens is 4. The van der Waals surface area contributed by atoms with Gasteiger partial charge in [-0.3, -0.25) is 19.3 Å². The highest BCUT2D eigenvalue weighted by molar-refractivity contribution is 8.14. The van der Waals surface area contributed by atoms with Gasteiger partial charge in [-0.1, -0.05) is 31.0 Å². The van der Waals surface area contributed by atoms with Gasteiger partial charge < -0.3 is 0 Å². The van der Waals surface area contributed by atoms with Crippen LogP contribution >= 0.6 is 11.8 Å². The molecular weight excluding hydrogens is 310 g/mol. The number of fused-ring (bicyclic) bond motifs is 1. The molecule has 1 fully saturated rings. The van der Waals surface area contributed by atoms with Crippen molar-refractivity contribution in [3.8, 4) is 0 Å². The van der Waals surface area contributed by atoms with Crippen LogP contribution in [0.3, 0.4) is 0 Å². The number of aromatic amines is 1. The van der Waals surface area contributed by atoms with Gasteiger partial charge >= 0.3 is 0 Å². The van der Waals surface area contributed by atoms with Crippen LogP contribution in [0.15, 0.2) is 22.2 Å². The molecule has 0 saturated heterocycles. The topological polar surface area (TPSA) is 68.0 Å². The average molecular weight is 331 g/mol. The van der Waals surface area contributed by atoms with E-state index in [1.807, 2.05) is 31.0 Å². The third kappa shape index (κ3) is 2.56. The molecule has 23 heavy (non-hydrogen) atoms. The molecule has 1 N–H and O–H groups in total. The molecule has 2 aliphatic rings. The lowest BCUT2D eigenvalue weighted by Crippen LogP contribution is -2.16. The van der Waals surface area contributed by atoms with Crippen molar-refractivity contribution in [1.29, 1.82) is 0 Å². The smallest absolute Gasteiger partial charge is 0.271 e. The molecule has 7 heteroatoms. The van der Waals surface area contributed by atoms with Crippen LogP contribution in [0.1, 0.15) is 61.4 Å². The van der Waals surface area contributed by atoms with Crippen molar-refractivity contribution in [2.75, 3.05) is 0 Å². The zero-order valence-corrected chi connectivity index (χ0v) is 14.3. The first kappa shape index (κ1) is 14.8. The van der Waals surface area contributed by atoms with E-state index in [0.717, 1.165) is 34.8 Å². The number of aliphatic imine (C=N–C) groups is 1. The van der Waals surface area contributed by atoms with Crippen LogP contribution in [0.25, 0.3) is 0 Å². The van der Waals surface area contributed by atoms with E-state index in [4.69, 9.17) is 4.99 Å². The molecule has 2 aromatic rings. The Morgan fingerprint density at radius 3 is 2.78 bits per heavy atom.